The first-order valence-corrected chi connectivity index (χ1v) is 9.12. The molecular formula is C21H23N5O4. The Morgan fingerprint density at radius 2 is 1.33 bits per heavy atom. The monoisotopic (exact) mass is 409 g/mol. The van der Waals surface area contributed by atoms with Crippen LogP contribution in [0.15, 0.2) is 53.6 Å². The molecule has 0 saturated heterocycles. The normalized spacial score (nSPS) is 10.7. The van der Waals surface area contributed by atoms with Crippen molar-refractivity contribution in [1.29, 1.82) is 0 Å². The van der Waals surface area contributed by atoms with Crippen LogP contribution in [0.5, 0.6) is 0 Å². The van der Waals surface area contributed by atoms with Crippen LogP contribution >= 0.6 is 0 Å². The minimum atomic E-state index is -0.444. The summed E-state index contributed by atoms with van der Waals surface area (Å²) in [5.41, 5.74) is 4.68. The summed E-state index contributed by atoms with van der Waals surface area (Å²) in [6.07, 6.45) is -0.0455. The number of hydrogen-bond acceptors (Lipinski definition) is 5. The standard InChI is InChI=1S/C21H23N5O4/c1-13(12-20(29)24-19-7-5-4-6-18(19)23-15(3)28)25-26-21(30)16-8-10-17(11-9-16)22-14(2)27/h4-11H,12H2,1-3H3,(H,22,27)(H,23,28)(H,24,29)(H,26,30)/b25-13-. The van der Waals surface area contributed by atoms with Gasteiger partial charge in [0.05, 0.1) is 17.8 Å². The summed E-state index contributed by atoms with van der Waals surface area (Å²) in [5.74, 6) is -1.24. The van der Waals surface area contributed by atoms with E-state index in [9.17, 15) is 19.2 Å². The van der Waals surface area contributed by atoms with Crippen LogP contribution in [0.2, 0.25) is 0 Å². The molecule has 0 fully saturated rings. The molecular weight excluding hydrogens is 386 g/mol. The maximum atomic E-state index is 12.2. The lowest BCUT2D eigenvalue weighted by Gasteiger charge is -2.11. The van der Waals surface area contributed by atoms with E-state index < -0.39 is 5.91 Å². The number of hydrazone groups is 1. The van der Waals surface area contributed by atoms with E-state index in [-0.39, 0.29) is 24.1 Å². The summed E-state index contributed by atoms with van der Waals surface area (Å²) in [5, 5.41) is 11.9. The van der Waals surface area contributed by atoms with E-state index in [0.717, 1.165) is 0 Å². The van der Waals surface area contributed by atoms with E-state index >= 15 is 0 Å². The van der Waals surface area contributed by atoms with Gasteiger partial charge in [-0.2, -0.15) is 5.10 Å². The molecule has 0 bridgehead atoms. The van der Waals surface area contributed by atoms with Crippen molar-refractivity contribution in [3.63, 3.8) is 0 Å². The molecule has 0 radical (unpaired) electrons. The smallest absolute Gasteiger partial charge is 0.271 e. The van der Waals surface area contributed by atoms with Gasteiger partial charge >= 0.3 is 0 Å². The van der Waals surface area contributed by atoms with Crippen molar-refractivity contribution >= 4 is 46.4 Å². The third-order valence-corrected chi connectivity index (χ3v) is 3.74. The lowest BCUT2D eigenvalue weighted by Crippen LogP contribution is -2.22. The van der Waals surface area contributed by atoms with Gasteiger partial charge < -0.3 is 16.0 Å². The minimum absolute atomic E-state index is 0.0455. The van der Waals surface area contributed by atoms with Gasteiger partial charge in [0, 0.05) is 30.8 Å². The molecule has 0 aliphatic carbocycles. The SMILES string of the molecule is CC(=O)Nc1ccc(C(=O)N/N=C(/C)CC(=O)Nc2ccccc2NC(C)=O)cc1. The topological polar surface area (TPSA) is 129 Å². The Hall–Kier alpha value is -4.01. The highest BCUT2D eigenvalue weighted by atomic mass is 16.2. The molecule has 0 unspecified atom stereocenters. The maximum absolute atomic E-state index is 12.2. The summed E-state index contributed by atoms with van der Waals surface area (Å²) in [6, 6.07) is 13.1. The Morgan fingerprint density at radius 3 is 1.90 bits per heavy atom. The first-order chi connectivity index (χ1) is 14.2. The molecule has 0 aromatic heterocycles. The molecule has 156 valence electrons. The van der Waals surface area contributed by atoms with Crippen LogP contribution in [-0.2, 0) is 14.4 Å². The fraction of sp³-hybridized carbons (Fsp3) is 0.190. The summed E-state index contributed by atoms with van der Waals surface area (Å²) in [7, 11) is 0. The molecule has 4 amide bonds. The molecule has 2 aromatic carbocycles. The molecule has 0 aliphatic rings. The largest absolute Gasteiger partial charge is 0.326 e. The van der Waals surface area contributed by atoms with Crippen LogP contribution in [0.3, 0.4) is 0 Å². The third-order valence-electron chi connectivity index (χ3n) is 3.74. The molecule has 9 nitrogen and oxygen atoms in total. The first-order valence-electron chi connectivity index (χ1n) is 9.12. The maximum Gasteiger partial charge on any atom is 0.271 e. The summed E-state index contributed by atoms with van der Waals surface area (Å²) in [4.78, 5) is 46.7. The Bertz CT molecular complexity index is 983. The van der Waals surface area contributed by atoms with Crippen LogP contribution in [0.25, 0.3) is 0 Å². The molecule has 2 rings (SSSR count). The minimum Gasteiger partial charge on any atom is -0.326 e. The molecule has 0 saturated carbocycles. The number of benzene rings is 2. The molecule has 0 heterocycles. The number of para-hydroxylation sites is 2. The fourth-order valence-electron chi connectivity index (χ4n) is 2.48. The third kappa shape index (κ3) is 7.19. The van der Waals surface area contributed by atoms with Crippen molar-refractivity contribution in [3.8, 4) is 0 Å². The Labute approximate surface area is 173 Å². The molecule has 0 aliphatic heterocycles. The van der Waals surface area contributed by atoms with Gasteiger partial charge in [-0.1, -0.05) is 12.1 Å². The van der Waals surface area contributed by atoms with Gasteiger partial charge in [-0.3, -0.25) is 19.2 Å². The molecule has 4 N–H and O–H groups in total. The first kappa shape index (κ1) is 22.3. The molecule has 30 heavy (non-hydrogen) atoms. The van der Waals surface area contributed by atoms with Gasteiger partial charge in [0.1, 0.15) is 0 Å². The van der Waals surface area contributed by atoms with E-state index in [0.29, 0.717) is 28.3 Å². The van der Waals surface area contributed by atoms with Crippen LogP contribution in [0.4, 0.5) is 17.1 Å². The second-order valence-electron chi connectivity index (χ2n) is 6.50. The van der Waals surface area contributed by atoms with Gasteiger partial charge in [0.15, 0.2) is 0 Å². The number of amides is 4. The van der Waals surface area contributed by atoms with Gasteiger partial charge in [0.25, 0.3) is 5.91 Å². The lowest BCUT2D eigenvalue weighted by atomic mass is 10.2. The zero-order chi connectivity index (χ0) is 22.1. The number of anilines is 3. The summed E-state index contributed by atoms with van der Waals surface area (Å²) < 4.78 is 0. The second-order valence-corrected chi connectivity index (χ2v) is 6.50. The highest BCUT2D eigenvalue weighted by Crippen LogP contribution is 2.21. The number of carbonyl (C=O) groups is 4. The highest BCUT2D eigenvalue weighted by molar-refractivity contribution is 6.08. The number of nitrogens with zero attached hydrogens (tertiary/aromatic N) is 1. The average Bonchev–Trinajstić information content (AvgIpc) is 2.67. The molecule has 2 aromatic rings. The van der Waals surface area contributed by atoms with Crippen molar-refractivity contribution in [3.05, 3.63) is 54.1 Å². The van der Waals surface area contributed by atoms with Crippen molar-refractivity contribution < 1.29 is 19.2 Å². The lowest BCUT2D eigenvalue weighted by molar-refractivity contribution is -0.115. The quantitative estimate of drug-likeness (QED) is 0.414. The Kier molecular flexibility index (Phi) is 7.81. The van der Waals surface area contributed by atoms with E-state index in [1.165, 1.54) is 13.8 Å². The predicted octanol–water partition coefficient (Wildman–Crippen LogP) is 2.74. The average molecular weight is 409 g/mol. The highest BCUT2D eigenvalue weighted by Gasteiger charge is 2.10. The van der Waals surface area contributed by atoms with Crippen LogP contribution in [-0.4, -0.2) is 29.3 Å². The number of carbonyl (C=O) groups excluding carboxylic acids is 4. The molecule has 0 spiro atoms. The summed E-state index contributed by atoms with van der Waals surface area (Å²) >= 11 is 0. The van der Waals surface area contributed by atoms with Crippen LogP contribution < -0.4 is 21.4 Å². The van der Waals surface area contributed by atoms with Gasteiger partial charge in [-0.25, -0.2) is 5.43 Å². The molecule has 9 heteroatoms. The number of hydrogen-bond donors (Lipinski definition) is 4. The van der Waals surface area contributed by atoms with E-state index in [1.54, 1.807) is 55.5 Å². The summed E-state index contributed by atoms with van der Waals surface area (Å²) in [6.45, 7) is 4.39. The second kappa shape index (κ2) is 10.5. The van der Waals surface area contributed by atoms with Gasteiger partial charge in [-0.05, 0) is 43.3 Å². The van der Waals surface area contributed by atoms with Crippen LogP contribution in [0, 0.1) is 0 Å². The van der Waals surface area contributed by atoms with E-state index in [1.807, 2.05) is 0 Å². The van der Waals surface area contributed by atoms with E-state index in [4.69, 9.17) is 0 Å². The van der Waals surface area contributed by atoms with Crippen molar-refractivity contribution in [2.75, 3.05) is 16.0 Å². The number of nitrogens with one attached hydrogen (secondary N) is 4. The predicted molar refractivity (Wildman–Crippen MR) is 115 cm³/mol. The van der Waals surface area contributed by atoms with Crippen molar-refractivity contribution in [2.45, 2.75) is 27.2 Å². The van der Waals surface area contributed by atoms with Crippen molar-refractivity contribution in [2.24, 2.45) is 5.10 Å². The van der Waals surface area contributed by atoms with Crippen molar-refractivity contribution in [1.82, 2.24) is 5.43 Å². The van der Waals surface area contributed by atoms with Gasteiger partial charge in [0.2, 0.25) is 17.7 Å². The van der Waals surface area contributed by atoms with E-state index in [2.05, 4.69) is 26.5 Å². The Balaban J connectivity index is 1.92. The fourth-order valence-corrected chi connectivity index (χ4v) is 2.48. The zero-order valence-corrected chi connectivity index (χ0v) is 16.9. The zero-order valence-electron chi connectivity index (χ0n) is 16.9. The Morgan fingerprint density at radius 1 is 0.767 bits per heavy atom. The number of rotatable bonds is 7. The van der Waals surface area contributed by atoms with Crippen LogP contribution in [0.1, 0.15) is 37.6 Å². The van der Waals surface area contributed by atoms with Gasteiger partial charge in [-0.15, -0.1) is 0 Å². The molecule has 0 atom stereocenters.